The number of rotatable bonds is 9. The lowest BCUT2D eigenvalue weighted by Crippen LogP contribution is -2.61. The molecule has 14 nitrogen and oxygen atoms in total. The number of hydrogen-bond donors (Lipinski definition) is 4. The average Bonchev–Trinajstić information content (AvgIpc) is 3.10. The lowest BCUT2D eigenvalue weighted by atomic mass is 9.73. The summed E-state index contributed by atoms with van der Waals surface area (Å²) in [5.74, 6) is -4.29. The predicted octanol–water partition coefficient (Wildman–Crippen LogP) is 3.81. The summed E-state index contributed by atoms with van der Waals surface area (Å²) >= 11 is 0. The van der Waals surface area contributed by atoms with Crippen molar-refractivity contribution in [1.82, 2.24) is 10.2 Å². The van der Waals surface area contributed by atoms with Crippen molar-refractivity contribution in [2.24, 2.45) is 23.7 Å². The van der Waals surface area contributed by atoms with Crippen LogP contribution in [-0.4, -0.2) is 127 Å². The first-order chi connectivity index (χ1) is 24.7. The number of amides is 1. The van der Waals surface area contributed by atoms with Crippen LogP contribution in [0.4, 0.5) is 4.79 Å². The molecule has 1 aromatic rings. The number of carbonyl (C=O) groups excluding carboxylic acids is 3. The molecule has 302 valence electrons. The van der Waals surface area contributed by atoms with Crippen LogP contribution < -0.4 is 5.32 Å². The van der Waals surface area contributed by atoms with Crippen LogP contribution >= 0.6 is 0 Å². The minimum Gasteiger partial charge on any atom is -0.508 e. The number of benzene rings is 1. The maximum atomic E-state index is 14.1. The molecule has 0 saturated carbocycles. The van der Waals surface area contributed by atoms with Gasteiger partial charge in [-0.2, -0.15) is 0 Å². The Bertz CT molecular complexity index is 1360. The minimum atomic E-state index is -1.77. The lowest BCUT2D eigenvalue weighted by molar-refractivity contribution is -0.301. The number of carbonyl (C=O) groups is 3. The Kier molecular flexibility index (Phi) is 15.7. The molecular formula is C39H64N2O12. The van der Waals surface area contributed by atoms with Gasteiger partial charge >= 0.3 is 12.1 Å². The number of nitrogens with one attached hydrogen (secondary N) is 1. The third-order valence-electron chi connectivity index (χ3n) is 11.3. The Morgan fingerprint density at radius 3 is 2.19 bits per heavy atom. The molecule has 14 heteroatoms. The van der Waals surface area contributed by atoms with Gasteiger partial charge in [0.1, 0.15) is 35.4 Å². The van der Waals surface area contributed by atoms with Gasteiger partial charge in [0.25, 0.3) is 0 Å². The number of nitrogens with zero attached hydrogens (tertiary/aromatic N) is 1. The number of hydrogen-bond acceptors (Lipinski definition) is 13. The number of aliphatic hydroxyl groups is 2. The maximum Gasteiger partial charge on any atom is 0.407 e. The van der Waals surface area contributed by atoms with Crippen molar-refractivity contribution in [2.45, 2.75) is 141 Å². The van der Waals surface area contributed by atoms with Gasteiger partial charge in [0.15, 0.2) is 6.29 Å². The maximum absolute atomic E-state index is 14.1. The van der Waals surface area contributed by atoms with Crippen molar-refractivity contribution in [3.63, 3.8) is 0 Å². The van der Waals surface area contributed by atoms with E-state index >= 15 is 0 Å². The van der Waals surface area contributed by atoms with E-state index in [4.69, 9.17) is 28.4 Å². The molecule has 2 aliphatic heterocycles. The van der Waals surface area contributed by atoms with Crippen molar-refractivity contribution >= 4 is 17.8 Å². The number of aliphatic hydroxyl groups excluding tert-OH is 1. The van der Waals surface area contributed by atoms with Crippen LogP contribution in [0.3, 0.4) is 0 Å². The van der Waals surface area contributed by atoms with Gasteiger partial charge in [-0.15, -0.1) is 0 Å². The van der Waals surface area contributed by atoms with Crippen molar-refractivity contribution in [3.8, 4) is 5.75 Å². The molecular weight excluding hydrogens is 688 g/mol. The largest absolute Gasteiger partial charge is 0.508 e. The van der Waals surface area contributed by atoms with Crippen molar-refractivity contribution < 1.29 is 58.1 Å². The highest BCUT2D eigenvalue weighted by atomic mass is 16.7. The molecule has 0 spiro atoms. The molecule has 2 saturated heterocycles. The fraction of sp³-hybridized carbons (Fsp3) is 0.769. The van der Waals surface area contributed by atoms with Gasteiger partial charge in [0.2, 0.25) is 0 Å². The molecule has 1 aromatic carbocycles. The quantitative estimate of drug-likeness (QED) is 0.268. The molecule has 0 unspecified atom stereocenters. The molecule has 2 heterocycles. The van der Waals surface area contributed by atoms with E-state index in [0.717, 1.165) is 0 Å². The van der Waals surface area contributed by atoms with Gasteiger partial charge < -0.3 is 54.0 Å². The third-order valence-corrected chi connectivity index (χ3v) is 11.3. The van der Waals surface area contributed by atoms with E-state index in [2.05, 4.69) is 5.32 Å². The highest BCUT2D eigenvalue weighted by Crippen LogP contribution is 2.40. The molecule has 53 heavy (non-hydrogen) atoms. The van der Waals surface area contributed by atoms with Crippen molar-refractivity contribution in [2.75, 3.05) is 28.3 Å². The summed E-state index contributed by atoms with van der Waals surface area (Å²) in [5.41, 5.74) is -2.35. The van der Waals surface area contributed by atoms with Crippen LogP contribution in [0.15, 0.2) is 24.3 Å². The Labute approximate surface area is 314 Å². The van der Waals surface area contributed by atoms with Crippen molar-refractivity contribution in [1.29, 1.82) is 0 Å². The van der Waals surface area contributed by atoms with E-state index in [9.17, 15) is 29.7 Å². The normalized spacial score (nSPS) is 39.2. The van der Waals surface area contributed by atoms with Crippen LogP contribution in [0, 0.1) is 23.7 Å². The Morgan fingerprint density at radius 2 is 1.64 bits per heavy atom. The summed E-state index contributed by atoms with van der Waals surface area (Å²) in [6, 6.07) is 5.99. The molecule has 0 bridgehead atoms. The molecule has 2 fully saturated rings. The van der Waals surface area contributed by atoms with Crippen molar-refractivity contribution in [3.05, 3.63) is 29.8 Å². The molecule has 0 aromatic heterocycles. The van der Waals surface area contributed by atoms with Crippen LogP contribution in [0.5, 0.6) is 5.75 Å². The van der Waals surface area contributed by atoms with Gasteiger partial charge in [0.05, 0.1) is 29.8 Å². The van der Waals surface area contributed by atoms with E-state index in [1.54, 1.807) is 53.7 Å². The number of esters is 1. The predicted molar refractivity (Wildman–Crippen MR) is 196 cm³/mol. The number of methoxy groups -OCH3 is 2. The smallest absolute Gasteiger partial charge is 0.407 e. The monoisotopic (exact) mass is 752 g/mol. The molecule has 3 rings (SSSR count). The van der Waals surface area contributed by atoms with Crippen LogP contribution in [0.1, 0.15) is 80.2 Å². The Morgan fingerprint density at radius 1 is 1.02 bits per heavy atom. The van der Waals surface area contributed by atoms with E-state index < -0.39 is 83.7 Å². The Balaban J connectivity index is 2.16. The van der Waals surface area contributed by atoms with Gasteiger partial charge in [-0.3, -0.25) is 9.59 Å². The van der Waals surface area contributed by atoms with Gasteiger partial charge in [0, 0.05) is 44.6 Å². The fourth-order valence-corrected chi connectivity index (χ4v) is 8.17. The number of ether oxygens (including phenoxy) is 6. The van der Waals surface area contributed by atoms with Crippen LogP contribution in [0.25, 0.3) is 0 Å². The summed E-state index contributed by atoms with van der Waals surface area (Å²) in [5, 5.41) is 35.8. The van der Waals surface area contributed by atoms with E-state index in [-0.39, 0.29) is 43.1 Å². The number of ketones is 1. The molecule has 4 N–H and O–H groups in total. The molecule has 2 aliphatic rings. The number of phenols is 1. The highest BCUT2D eigenvalue weighted by Gasteiger charge is 2.53. The topological polar surface area (TPSA) is 183 Å². The number of alkyl carbamates (subject to hydrolysis) is 1. The zero-order valence-corrected chi connectivity index (χ0v) is 33.5. The first-order valence-corrected chi connectivity index (χ1v) is 18.6. The zero-order valence-electron chi connectivity index (χ0n) is 33.5. The average molecular weight is 753 g/mol. The summed E-state index contributed by atoms with van der Waals surface area (Å²) in [6.07, 6.45) is -6.82. The SMILES string of the molecule is CC[C@H]1OC(=O)[C@H](C)[C@@H](OC(=O)NCc2ccc(O)cc2)[C@H](C)[C@@H](O[C@@H]2O[C@H](C)C[C@H](N(C)C)[C@H]2O)[C@](C)(OC)C[C@@H](C)C(=O)[C@H](C)[C@@H](OC)[C@]1(C)O. The number of Topliss-reactive ketones (excluding diaryl/α,β-unsaturated/α-hetero) is 1. The standard InChI is InChI=1S/C39H64N2O12/c1-13-29-39(8,47)34(48-11)23(4)30(43)21(2)19-38(7,49-12)33(53-36-31(44)28(41(9)10)18-22(3)50-36)24(5)32(25(6)35(45)51-29)52-37(46)40-20-26-14-16-27(42)17-15-26/h14-17,21-25,28-29,31-34,36,42,44,47H,13,18-20H2,1-12H3,(H,40,46)/t21-,22-,23+,24+,25-,28+,29-,31-,32+,33-,34-,36+,38-,39-/m1/s1. The highest BCUT2D eigenvalue weighted by molar-refractivity contribution is 5.83. The van der Waals surface area contributed by atoms with Crippen LogP contribution in [0.2, 0.25) is 0 Å². The minimum absolute atomic E-state index is 0.0671. The summed E-state index contributed by atoms with van der Waals surface area (Å²) in [7, 11) is 6.62. The van der Waals surface area contributed by atoms with E-state index in [1.165, 1.54) is 33.3 Å². The van der Waals surface area contributed by atoms with E-state index in [1.807, 2.05) is 25.9 Å². The molecule has 14 atom stereocenters. The molecule has 0 aliphatic carbocycles. The second-order valence-electron chi connectivity index (χ2n) is 15.7. The number of aromatic hydroxyl groups is 1. The Hall–Kier alpha value is -2.85. The molecule has 0 radical (unpaired) electrons. The fourth-order valence-electron chi connectivity index (χ4n) is 8.17. The third kappa shape index (κ3) is 10.5. The first kappa shape index (κ1) is 44.5. The summed E-state index contributed by atoms with van der Waals surface area (Å²) in [4.78, 5) is 43.7. The number of phenolic OH excluding ortho intramolecular Hbond substituents is 1. The summed E-state index contributed by atoms with van der Waals surface area (Å²) < 4.78 is 37.0. The number of likely N-dealkylation sites (N-methyl/N-ethyl adjacent to an activating group) is 1. The van der Waals surface area contributed by atoms with Gasteiger partial charge in [-0.05, 0) is 78.7 Å². The zero-order chi connectivity index (χ0) is 40.0. The lowest BCUT2D eigenvalue weighted by Gasteiger charge is -2.48. The first-order valence-electron chi connectivity index (χ1n) is 18.6. The second kappa shape index (κ2) is 18.7. The van der Waals surface area contributed by atoms with Crippen LogP contribution in [-0.2, 0) is 44.6 Å². The van der Waals surface area contributed by atoms with Gasteiger partial charge in [-0.1, -0.05) is 39.8 Å². The second-order valence-corrected chi connectivity index (χ2v) is 15.7. The molecule has 1 amide bonds. The summed E-state index contributed by atoms with van der Waals surface area (Å²) in [6.45, 7) is 13.7. The number of cyclic esters (lactones) is 1. The van der Waals surface area contributed by atoms with Gasteiger partial charge in [-0.25, -0.2) is 4.79 Å². The van der Waals surface area contributed by atoms with E-state index in [0.29, 0.717) is 12.0 Å².